The molecule has 5 heteroatoms. The Labute approximate surface area is 142 Å². The van der Waals surface area contributed by atoms with Crippen LogP contribution >= 0.6 is 0 Å². The van der Waals surface area contributed by atoms with Crippen molar-refractivity contribution in [3.8, 4) is 0 Å². The molecule has 2 rings (SSSR count). The van der Waals surface area contributed by atoms with Gasteiger partial charge in [0, 0.05) is 30.6 Å². The van der Waals surface area contributed by atoms with Gasteiger partial charge < -0.3 is 4.74 Å². The summed E-state index contributed by atoms with van der Waals surface area (Å²) >= 11 is 0. The lowest BCUT2D eigenvalue weighted by Gasteiger charge is -2.35. The van der Waals surface area contributed by atoms with Crippen molar-refractivity contribution < 1.29 is 18.3 Å². The predicted octanol–water partition coefficient (Wildman–Crippen LogP) is 3.90. The second kappa shape index (κ2) is 7.43. The van der Waals surface area contributed by atoms with Crippen LogP contribution < -0.4 is 0 Å². The molecule has 1 saturated heterocycles. The minimum Gasteiger partial charge on any atom is -0.466 e. The number of hydrogen-bond acceptors (Lipinski definition) is 3. The zero-order valence-electron chi connectivity index (χ0n) is 14.5. The van der Waals surface area contributed by atoms with E-state index < -0.39 is 17.6 Å². The van der Waals surface area contributed by atoms with Crippen molar-refractivity contribution in [3.63, 3.8) is 0 Å². The van der Waals surface area contributed by atoms with Crippen LogP contribution in [-0.2, 0) is 9.53 Å². The number of carbonyl (C=O) groups is 1. The quantitative estimate of drug-likeness (QED) is 0.582. The maximum Gasteiger partial charge on any atom is 0.310 e. The van der Waals surface area contributed by atoms with E-state index in [4.69, 9.17) is 4.74 Å². The molecule has 3 nitrogen and oxygen atoms in total. The van der Waals surface area contributed by atoms with Crippen LogP contribution in [0.2, 0.25) is 0 Å². The van der Waals surface area contributed by atoms with E-state index in [1.54, 1.807) is 6.92 Å². The van der Waals surface area contributed by atoms with E-state index >= 15 is 0 Å². The number of benzene rings is 1. The van der Waals surface area contributed by atoms with Crippen molar-refractivity contribution in [2.75, 3.05) is 19.7 Å². The smallest absolute Gasteiger partial charge is 0.310 e. The van der Waals surface area contributed by atoms with E-state index in [2.05, 4.69) is 25.3 Å². The zero-order chi connectivity index (χ0) is 17.9. The minimum absolute atomic E-state index is 0.197. The van der Waals surface area contributed by atoms with Crippen LogP contribution in [0.25, 0.3) is 0 Å². The van der Waals surface area contributed by atoms with Gasteiger partial charge in [0.1, 0.15) is 11.6 Å². The summed E-state index contributed by atoms with van der Waals surface area (Å²) in [5.41, 5.74) is 0.170. The van der Waals surface area contributed by atoms with Crippen LogP contribution in [0.4, 0.5) is 8.78 Å². The Morgan fingerprint density at radius 1 is 1.42 bits per heavy atom. The van der Waals surface area contributed by atoms with Gasteiger partial charge in [0.25, 0.3) is 0 Å². The number of likely N-dealkylation sites (tertiary alicyclic amines) is 1. The van der Waals surface area contributed by atoms with Gasteiger partial charge in [-0.15, -0.1) is 6.58 Å². The van der Waals surface area contributed by atoms with Gasteiger partial charge in [0.05, 0.1) is 12.5 Å². The van der Waals surface area contributed by atoms with Gasteiger partial charge in [-0.2, -0.15) is 0 Å². The van der Waals surface area contributed by atoms with Crippen LogP contribution in [0.5, 0.6) is 0 Å². The molecule has 0 aliphatic carbocycles. The van der Waals surface area contributed by atoms with Crippen LogP contribution in [0, 0.1) is 17.6 Å². The van der Waals surface area contributed by atoms with Gasteiger partial charge in [-0.3, -0.25) is 9.69 Å². The van der Waals surface area contributed by atoms with Crippen molar-refractivity contribution in [1.82, 2.24) is 4.90 Å². The number of rotatable bonds is 6. The van der Waals surface area contributed by atoms with Crippen LogP contribution in [0.3, 0.4) is 0 Å². The molecule has 1 aromatic rings. The molecule has 1 heterocycles. The lowest BCUT2D eigenvalue weighted by Crippen LogP contribution is -2.42. The molecule has 1 aliphatic heterocycles. The minimum atomic E-state index is -0.620. The highest BCUT2D eigenvalue weighted by molar-refractivity contribution is 5.74. The molecule has 1 aromatic carbocycles. The fourth-order valence-electron chi connectivity index (χ4n) is 3.39. The Kier molecular flexibility index (Phi) is 5.75. The van der Waals surface area contributed by atoms with E-state index in [1.165, 1.54) is 12.1 Å². The molecule has 24 heavy (non-hydrogen) atoms. The summed E-state index contributed by atoms with van der Waals surface area (Å²) in [7, 11) is 0. The first-order valence-electron chi connectivity index (χ1n) is 8.27. The first kappa shape index (κ1) is 18.6. The van der Waals surface area contributed by atoms with Crippen LogP contribution in [0.15, 0.2) is 30.9 Å². The summed E-state index contributed by atoms with van der Waals surface area (Å²) < 4.78 is 32.7. The Morgan fingerprint density at radius 3 is 2.71 bits per heavy atom. The number of esters is 1. The molecule has 0 bridgehead atoms. The second-order valence-electron chi connectivity index (χ2n) is 6.84. The fourth-order valence-corrected chi connectivity index (χ4v) is 3.39. The number of hydrogen-bond donors (Lipinski definition) is 0. The van der Waals surface area contributed by atoms with Crippen LogP contribution in [0.1, 0.15) is 38.7 Å². The molecule has 0 N–H and O–H groups in total. The van der Waals surface area contributed by atoms with Gasteiger partial charge in [-0.1, -0.05) is 12.1 Å². The number of nitrogens with zero attached hydrogens (tertiary/aromatic N) is 1. The maximum absolute atomic E-state index is 14.3. The summed E-state index contributed by atoms with van der Waals surface area (Å²) in [6.07, 6.45) is 2.59. The van der Waals surface area contributed by atoms with Crippen LogP contribution in [-0.4, -0.2) is 36.1 Å². The Hall–Kier alpha value is -1.75. The maximum atomic E-state index is 14.3. The fraction of sp³-hybridized carbons (Fsp3) is 0.526. The van der Waals surface area contributed by atoms with Gasteiger partial charge in [0.2, 0.25) is 0 Å². The molecule has 0 unspecified atom stereocenters. The van der Waals surface area contributed by atoms with E-state index in [0.717, 1.165) is 12.5 Å². The molecule has 2 atom stereocenters. The van der Waals surface area contributed by atoms with Gasteiger partial charge in [0.15, 0.2) is 0 Å². The summed E-state index contributed by atoms with van der Waals surface area (Å²) in [5.74, 6) is -2.38. The average Bonchev–Trinajstić information content (AvgIpc) is 2.93. The predicted molar refractivity (Wildman–Crippen MR) is 89.7 cm³/mol. The molecule has 0 radical (unpaired) electrons. The molecule has 132 valence electrons. The monoisotopic (exact) mass is 337 g/mol. The molecule has 1 fully saturated rings. The van der Waals surface area contributed by atoms with Gasteiger partial charge >= 0.3 is 5.97 Å². The van der Waals surface area contributed by atoms with Crippen molar-refractivity contribution in [2.45, 2.75) is 38.6 Å². The highest BCUT2D eigenvalue weighted by Crippen LogP contribution is 2.39. The topological polar surface area (TPSA) is 29.5 Å². The van der Waals surface area contributed by atoms with E-state index in [1.807, 2.05) is 6.08 Å². The van der Waals surface area contributed by atoms with E-state index in [-0.39, 0.29) is 24.0 Å². The summed E-state index contributed by atoms with van der Waals surface area (Å²) in [4.78, 5) is 14.5. The second-order valence-corrected chi connectivity index (χ2v) is 6.84. The molecule has 0 saturated carbocycles. The van der Waals surface area contributed by atoms with E-state index in [0.29, 0.717) is 18.7 Å². The zero-order valence-corrected chi connectivity index (χ0v) is 14.5. The number of carbonyl (C=O) groups excluding carboxylic acids is 1. The summed E-state index contributed by atoms with van der Waals surface area (Å²) in [5, 5.41) is 0. The molecule has 0 aromatic heterocycles. The Balaban J connectivity index is 2.34. The third-order valence-corrected chi connectivity index (χ3v) is 4.77. The SMILES string of the molecule is C=CCC(C)(C)N1C[C@@H](C(=O)OCC)[C@H](c2ccc(F)cc2F)C1. The van der Waals surface area contributed by atoms with Crippen molar-refractivity contribution >= 4 is 5.97 Å². The lowest BCUT2D eigenvalue weighted by molar-refractivity contribution is -0.148. The molecule has 0 amide bonds. The number of halogens is 2. The highest BCUT2D eigenvalue weighted by atomic mass is 19.1. The average molecular weight is 337 g/mol. The van der Waals surface area contributed by atoms with Crippen molar-refractivity contribution in [3.05, 3.63) is 48.1 Å². The Morgan fingerprint density at radius 2 is 2.12 bits per heavy atom. The standard InChI is InChI=1S/C19H25F2NO2/c1-5-9-19(3,4)22-11-15(16(12-22)18(23)24-6-2)14-8-7-13(20)10-17(14)21/h5,7-8,10,15-16H,1,6,9,11-12H2,2-4H3/t15-,16+/m0/s1. The highest BCUT2D eigenvalue weighted by Gasteiger charge is 2.44. The molecular weight excluding hydrogens is 312 g/mol. The summed E-state index contributed by atoms with van der Waals surface area (Å²) in [6.45, 7) is 11.0. The third kappa shape index (κ3) is 3.83. The normalized spacial score (nSPS) is 21.7. The largest absolute Gasteiger partial charge is 0.466 e. The molecule has 1 aliphatic rings. The van der Waals surface area contributed by atoms with Gasteiger partial charge in [-0.25, -0.2) is 8.78 Å². The van der Waals surface area contributed by atoms with Crippen molar-refractivity contribution in [2.24, 2.45) is 5.92 Å². The lowest BCUT2D eigenvalue weighted by atomic mass is 9.88. The van der Waals surface area contributed by atoms with E-state index in [9.17, 15) is 13.6 Å². The van der Waals surface area contributed by atoms with Gasteiger partial charge in [-0.05, 0) is 38.8 Å². The van der Waals surface area contributed by atoms with Crippen molar-refractivity contribution in [1.29, 1.82) is 0 Å². The molecular formula is C19H25F2NO2. The first-order valence-corrected chi connectivity index (χ1v) is 8.27. The third-order valence-electron chi connectivity index (χ3n) is 4.77. The summed E-state index contributed by atoms with van der Waals surface area (Å²) in [6, 6.07) is 3.54. The Bertz CT molecular complexity index is 615. The number of ether oxygens (including phenoxy) is 1. The first-order chi connectivity index (χ1) is 11.3. The molecule has 0 spiro atoms.